The standard InChI is InChI=1S/C20H29N5OS/c1-4-17(23(2)3)19-21-22-20(25(19)14-16-10-6-5-7-11-16)27-15-18(26)24-12-8-9-13-24/h5-7,10-11,17H,4,8-9,12-15H2,1-3H3/t17-/m0/s1. The van der Waals surface area contributed by atoms with Gasteiger partial charge in [0.05, 0.1) is 18.3 Å². The molecule has 0 unspecified atom stereocenters. The van der Waals surface area contributed by atoms with Crippen molar-refractivity contribution in [2.45, 2.75) is 43.9 Å². The highest BCUT2D eigenvalue weighted by molar-refractivity contribution is 7.99. The number of nitrogens with zero attached hydrogens (tertiary/aromatic N) is 5. The molecule has 7 heteroatoms. The van der Waals surface area contributed by atoms with E-state index in [1.165, 1.54) is 17.3 Å². The molecule has 0 radical (unpaired) electrons. The van der Waals surface area contributed by atoms with Crippen molar-refractivity contribution >= 4 is 17.7 Å². The van der Waals surface area contributed by atoms with E-state index in [1.807, 2.05) is 23.1 Å². The van der Waals surface area contributed by atoms with Gasteiger partial charge in [0.25, 0.3) is 0 Å². The third kappa shape index (κ3) is 4.90. The van der Waals surface area contributed by atoms with Gasteiger partial charge in [-0.05, 0) is 38.9 Å². The van der Waals surface area contributed by atoms with Gasteiger partial charge in [-0.15, -0.1) is 10.2 Å². The number of hydrogen-bond acceptors (Lipinski definition) is 5. The lowest BCUT2D eigenvalue weighted by Gasteiger charge is -2.23. The molecule has 2 heterocycles. The minimum absolute atomic E-state index is 0.199. The topological polar surface area (TPSA) is 54.3 Å². The van der Waals surface area contributed by atoms with Crippen molar-refractivity contribution in [3.05, 3.63) is 41.7 Å². The van der Waals surface area contributed by atoms with Crippen LogP contribution in [-0.2, 0) is 11.3 Å². The molecule has 1 aromatic heterocycles. The van der Waals surface area contributed by atoms with E-state index in [0.717, 1.165) is 43.3 Å². The Morgan fingerprint density at radius 2 is 1.89 bits per heavy atom. The van der Waals surface area contributed by atoms with Crippen molar-refractivity contribution in [1.82, 2.24) is 24.6 Å². The van der Waals surface area contributed by atoms with E-state index in [9.17, 15) is 4.79 Å². The SMILES string of the molecule is CC[C@@H](c1nnc(SCC(=O)N2CCCC2)n1Cc1ccccc1)N(C)C. The summed E-state index contributed by atoms with van der Waals surface area (Å²) in [6.07, 6.45) is 3.19. The first-order chi connectivity index (χ1) is 13.1. The molecule has 1 aromatic carbocycles. The molecule has 0 spiro atoms. The summed E-state index contributed by atoms with van der Waals surface area (Å²) in [4.78, 5) is 16.6. The monoisotopic (exact) mass is 387 g/mol. The Balaban J connectivity index is 1.81. The van der Waals surface area contributed by atoms with Gasteiger partial charge in [0.2, 0.25) is 5.91 Å². The number of carbonyl (C=O) groups is 1. The summed E-state index contributed by atoms with van der Waals surface area (Å²) in [5.74, 6) is 1.58. The van der Waals surface area contributed by atoms with E-state index in [4.69, 9.17) is 0 Å². The van der Waals surface area contributed by atoms with Crippen LogP contribution in [0, 0.1) is 0 Å². The van der Waals surface area contributed by atoms with Crippen LogP contribution in [0.2, 0.25) is 0 Å². The van der Waals surface area contributed by atoms with E-state index in [0.29, 0.717) is 12.3 Å². The number of benzene rings is 1. The predicted molar refractivity (Wildman–Crippen MR) is 109 cm³/mol. The second-order valence-electron chi connectivity index (χ2n) is 7.18. The second kappa shape index (κ2) is 9.37. The largest absolute Gasteiger partial charge is 0.342 e. The molecular formula is C20H29N5OS. The van der Waals surface area contributed by atoms with Gasteiger partial charge in [-0.25, -0.2) is 0 Å². The molecule has 1 fully saturated rings. The van der Waals surface area contributed by atoms with E-state index in [1.54, 1.807) is 0 Å². The van der Waals surface area contributed by atoms with Crippen LogP contribution < -0.4 is 0 Å². The zero-order valence-corrected chi connectivity index (χ0v) is 17.3. The van der Waals surface area contributed by atoms with Gasteiger partial charge in [-0.1, -0.05) is 49.0 Å². The maximum atomic E-state index is 12.4. The maximum Gasteiger partial charge on any atom is 0.233 e. The summed E-state index contributed by atoms with van der Waals surface area (Å²) >= 11 is 1.50. The van der Waals surface area contributed by atoms with Crippen molar-refractivity contribution in [2.24, 2.45) is 0 Å². The predicted octanol–water partition coefficient (Wildman–Crippen LogP) is 3.05. The van der Waals surface area contributed by atoms with Gasteiger partial charge < -0.3 is 9.47 Å². The molecule has 0 saturated carbocycles. The lowest BCUT2D eigenvalue weighted by molar-refractivity contribution is -0.127. The molecule has 146 valence electrons. The average molecular weight is 388 g/mol. The van der Waals surface area contributed by atoms with Crippen molar-refractivity contribution in [3.8, 4) is 0 Å². The number of carbonyl (C=O) groups excluding carboxylic acids is 1. The molecule has 0 bridgehead atoms. The molecule has 1 saturated heterocycles. The van der Waals surface area contributed by atoms with E-state index < -0.39 is 0 Å². The Hall–Kier alpha value is -1.86. The average Bonchev–Trinajstić information content (AvgIpc) is 3.32. The summed E-state index contributed by atoms with van der Waals surface area (Å²) in [5.41, 5.74) is 1.21. The first kappa shape index (κ1) is 19.9. The Kier molecular flexibility index (Phi) is 6.90. The summed E-state index contributed by atoms with van der Waals surface area (Å²) in [6.45, 7) is 4.66. The summed E-state index contributed by atoms with van der Waals surface area (Å²) in [7, 11) is 4.14. The molecule has 2 aromatic rings. The lowest BCUT2D eigenvalue weighted by Crippen LogP contribution is -2.29. The van der Waals surface area contributed by atoms with Crippen molar-refractivity contribution in [3.63, 3.8) is 0 Å². The van der Waals surface area contributed by atoms with Gasteiger partial charge in [-0.3, -0.25) is 9.69 Å². The van der Waals surface area contributed by atoms with Crippen LogP contribution in [0.15, 0.2) is 35.5 Å². The normalized spacial score (nSPS) is 15.5. The third-order valence-corrected chi connectivity index (χ3v) is 5.97. The molecule has 3 rings (SSSR count). The Morgan fingerprint density at radius 1 is 1.19 bits per heavy atom. The van der Waals surface area contributed by atoms with Gasteiger partial charge >= 0.3 is 0 Å². The third-order valence-electron chi connectivity index (χ3n) is 5.02. The highest BCUT2D eigenvalue weighted by Gasteiger charge is 2.24. The molecule has 0 N–H and O–H groups in total. The lowest BCUT2D eigenvalue weighted by atomic mass is 10.2. The molecular weight excluding hydrogens is 358 g/mol. The second-order valence-corrected chi connectivity index (χ2v) is 8.12. The van der Waals surface area contributed by atoms with Crippen LogP contribution in [-0.4, -0.2) is 63.4 Å². The molecule has 27 heavy (non-hydrogen) atoms. The first-order valence-corrected chi connectivity index (χ1v) is 10.6. The first-order valence-electron chi connectivity index (χ1n) is 9.64. The number of rotatable bonds is 8. The fourth-order valence-corrected chi connectivity index (χ4v) is 4.38. The van der Waals surface area contributed by atoms with Gasteiger partial charge in [0.15, 0.2) is 11.0 Å². The van der Waals surface area contributed by atoms with Crippen molar-refractivity contribution in [1.29, 1.82) is 0 Å². The number of amides is 1. The molecule has 1 atom stereocenters. The zero-order valence-electron chi connectivity index (χ0n) is 16.5. The van der Waals surface area contributed by atoms with Crippen LogP contribution in [0.1, 0.15) is 43.6 Å². The fourth-order valence-electron chi connectivity index (χ4n) is 3.53. The molecule has 1 aliphatic heterocycles. The Labute approximate surface area is 165 Å². The molecule has 6 nitrogen and oxygen atoms in total. The van der Waals surface area contributed by atoms with Crippen molar-refractivity contribution in [2.75, 3.05) is 32.9 Å². The highest BCUT2D eigenvalue weighted by atomic mass is 32.2. The van der Waals surface area contributed by atoms with Crippen LogP contribution >= 0.6 is 11.8 Å². The van der Waals surface area contributed by atoms with Crippen LogP contribution in [0.4, 0.5) is 0 Å². The molecule has 0 aliphatic carbocycles. The quantitative estimate of drug-likeness (QED) is 0.652. The maximum absolute atomic E-state index is 12.4. The summed E-state index contributed by atoms with van der Waals surface area (Å²) in [6, 6.07) is 10.5. The number of hydrogen-bond donors (Lipinski definition) is 0. The van der Waals surface area contributed by atoms with E-state index in [-0.39, 0.29) is 11.9 Å². The van der Waals surface area contributed by atoms with Gasteiger partial charge in [0.1, 0.15) is 0 Å². The highest BCUT2D eigenvalue weighted by Crippen LogP contribution is 2.26. The fraction of sp³-hybridized carbons (Fsp3) is 0.550. The van der Waals surface area contributed by atoms with Gasteiger partial charge in [-0.2, -0.15) is 0 Å². The minimum Gasteiger partial charge on any atom is -0.342 e. The van der Waals surface area contributed by atoms with Crippen LogP contribution in [0.5, 0.6) is 0 Å². The number of aromatic nitrogens is 3. The van der Waals surface area contributed by atoms with E-state index >= 15 is 0 Å². The smallest absolute Gasteiger partial charge is 0.233 e. The number of thioether (sulfide) groups is 1. The molecule has 1 aliphatic rings. The van der Waals surface area contributed by atoms with E-state index in [2.05, 4.69) is 52.8 Å². The molecule has 1 amide bonds. The summed E-state index contributed by atoms with van der Waals surface area (Å²) in [5, 5.41) is 9.77. The minimum atomic E-state index is 0.199. The zero-order chi connectivity index (χ0) is 19.2. The Bertz CT molecular complexity index is 740. The summed E-state index contributed by atoms with van der Waals surface area (Å²) < 4.78 is 2.17. The van der Waals surface area contributed by atoms with Crippen LogP contribution in [0.25, 0.3) is 0 Å². The number of likely N-dealkylation sites (tertiary alicyclic amines) is 1. The Morgan fingerprint density at radius 3 is 2.52 bits per heavy atom. The van der Waals surface area contributed by atoms with Gasteiger partial charge in [0, 0.05) is 13.1 Å². The van der Waals surface area contributed by atoms with Crippen molar-refractivity contribution < 1.29 is 4.79 Å². The van der Waals surface area contributed by atoms with Crippen LogP contribution in [0.3, 0.4) is 0 Å².